The third-order valence-corrected chi connectivity index (χ3v) is 22.5. The zero-order valence-corrected chi connectivity index (χ0v) is 82.9. The smallest absolute Gasteiger partial charge is 0.311 e. The summed E-state index contributed by atoms with van der Waals surface area (Å²) >= 11 is 0. The zero-order chi connectivity index (χ0) is 104. The first-order valence-electron chi connectivity index (χ1n) is 45.3. The maximum atomic E-state index is 15.6. The second-order valence-electron chi connectivity index (χ2n) is 38.4. The van der Waals surface area contributed by atoms with Gasteiger partial charge in [-0.3, -0.25) is 81.5 Å². The molecule has 2 saturated carbocycles. The van der Waals surface area contributed by atoms with E-state index in [1.807, 2.05) is 0 Å². The van der Waals surface area contributed by atoms with Gasteiger partial charge in [0.15, 0.2) is 12.2 Å². The number of nitrogens with one attached hydrogen (secondary N) is 6. The number of halogens is 5. The van der Waals surface area contributed by atoms with Crippen molar-refractivity contribution in [3.8, 4) is 5.75 Å². The third-order valence-electron chi connectivity index (χ3n) is 22.5. The molecular weight excluding hydrogens is 1830 g/mol. The number of rotatable bonds is 37. The molecule has 1 aromatic rings. The van der Waals surface area contributed by atoms with Crippen molar-refractivity contribution < 1.29 is 179 Å². The van der Waals surface area contributed by atoms with E-state index in [2.05, 4.69) is 36.6 Å². The van der Waals surface area contributed by atoms with Crippen LogP contribution in [0.4, 0.5) is 22.0 Å². The number of carbonyl (C=O) groups is 17. The van der Waals surface area contributed by atoms with Crippen LogP contribution in [0.1, 0.15) is 262 Å². The summed E-state index contributed by atoms with van der Waals surface area (Å²) in [7, 11) is 0. The number of nitrogens with zero attached hydrogens (tertiary/aromatic N) is 1. The van der Waals surface area contributed by atoms with Gasteiger partial charge in [0, 0.05) is 144 Å². The van der Waals surface area contributed by atoms with E-state index in [4.69, 9.17) is 71.1 Å². The van der Waals surface area contributed by atoms with Crippen molar-refractivity contribution in [1.82, 2.24) is 36.8 Å². The Labute approximate surface area is 794 Å². The number of amides is 7. The van der Waals surface area contributed by atoms with Crippen molar-refractivity contribution in [1.29, 1.82) is 0 Å². The first-order valence-corrected chi connectivity index (χ1v) is 45.3. The Bertz CT molecular complexity index is 4360. The Kier molecular flexibility index (Phi) is 46.1. The van der Waals surface area contributed by atoms with Gasteiger partial charge < -0.3 is 113 Å². The van der Waals surface area contributed by atoms with E-state index in [1.54, 1.807) is 76.2 Å². The van der Waals surface area contributed by atoms with Crippen LogP contribution in [0.15, 0.2) is 0 Å². The van der Waals surface area contributed by atoms with Crippen LogP contribution in [0.25, 0.3) is 0 Å². The van der Waals surface area contributed by atoms with E-state index >= 15 is 4.79 Å². The molecular formula is C92H140F5N7O33. The summed E-state index contributed by atoms with van der Waals surface area (Å²) in [4.78, 5) is 230. The average molecular weight is 1970 g/mol. The molecule has 1 aromatic carbocycles. The number of esters is 10. The van der Waals surface area contributed by atoms with E-state index in [9.17, 15) is 98.7 Å². The summed E-state index contributed by atoms with van der Waals surface area (Å²) < 4.78 is 168. The summed E-state index contributed by atoms with van der Waals surface area (Å²) in [5.41, 5.74) is -10.2. The highest BCUT2D eigenvalue weighted by Gasteiger charge is 2.59. The van der Waals surface area contributed by atoms with Gasteiger partial charge in [-0.05, 0) is 146 Å². The van der Waals surface area contributed by atoms with E-state index in [1.165, 1.54) is 25.7 Å². The van der Waals surface area contributed by atoms with Gasteiger partial charge in [0.1, 0.15) is 35.6 Å². The van der Waals surface area contributed by atoms with Gasteiger partial charge in [-0.1, -0.05) is 6.92 Å². The van der Waals surface area contributed by atoms with Crippen LogP contribution >= 0.6 is 0 Å². The molecule has 1 saturated heterocycles. The van der Waals surface area contributed by atoms with Crippen LogP contribution in [-0.4, -0.2) is 272 Å². The summed E-state index contributed by atoms with van der Waals surface area (Å²) in [5.74, 6) is -31.0. The SMILES string of the molecule is CC(=O)NC(C(CC(C)COC(C)=O)OC1(C)CCC(C)(C)NC(=O)CCOCC(COCCC(=O)NC(C)(C)CCC(C)(C)OC2CC(COC(C)=O)C(OC(C)=O)C(OC(C)=O)C2NC(C)=O)(NC(=O)CCCC(=O)Oc2c(F)c(F)c(F)c(F)c2F)COCCC(=O)NC(C)(C)CCC(C)(C)OC2CC(COC(C)=O)C(OC(C)=O)C(OC(C)=O)C2N1C(C)=O)C(OC(C)=O)OC(C)=O. The molecule has 15 unspecified atom stereocenters. The van der Waals surface area contributed by atoms with Gasteiger partial charge in [-0.25, -0.2) is 13.2 Å². The number of hydrogen-bond acceptors (Lipinski definition) is 33. The lowest BCUT2D eigenvalue weighted by Crippen LogP contribution is -2.71. The summed E-state index contributed by atoms with van der Waals surface area (Å²) in [6.07, 6.45) is -15.7. The zero-order valence-electron chi connectivity index (χ0n) is 82.9. The first kappa shape index (κ1) is 119. The fraction of sp³-hybridized carbons (Fsp3) is 0.750. The Morgan fingerprint density at radius 3 is 1.51 bits per heavy atom. The molecule has 15 atom stereocenters. The van der Waals surface area contributed by atoms with Crippen molar-refractivity contribution >= 4 is 101 Å². The van der Waals surface area contributed by atoms with Gasteiger partial charge in [-0.15, -0.1) is 0 Å². The maximum Gasteiger partial charge on any atom is 0.311 e. The second-order valence-corrected chi connectivity index (χ2v) is 38.4. The van der Waals surface area contributed by atoms with Crippen molar-refractivity contribution in [2.24, 2.45) is 17.8 Å². The van der Waals surface area contributed by atoms with E-state index in [0.717, 1.165) is 69.2 Å². The minimum absolute atomic E-state index is 0.0241. The van der Waals surface area contributed by atoms with Gasteiger partial charge in [0.2, 0.25) is 76.2 Å². The van der Waals surface area contributed by atoms with Gasteiger partial charge in [0.25, 0.3) is 6.29 Å². The molecule has 0 spiro atoms. The lowest BCUT2D eigenvalue weighted by molar-refractivity contribution is -0.264. The molecule has 4 rings (SSSR count). The summed E-state index contributed by atoms with van der Waals surface area (Å²) in [6.45, 7) is 28.9. The Morgan fingerprint density at radius 2 is 1.03 bits per heavy atom. The minimum atomic E-state index is -2.53. The standard InChI is InChI=1S/C92H140F5N7O33/c1-49(43-125-53(5)108)40-64(78(99-51(3)106)85(132-60(12)115)133-61(13)116)137-91(24)36-33-88(18,19)102-70(120)30-39-124-48-92(103-67(117)26-25-27-71(121)134-82-75(96)73(94)72(93)74(95)76(82)97,46-122-37-28-68(118)100-86(14,15)31-34-89(20,21)135-65-41-62(44-126-54(6)109)80(128-56(8)111)83(130-58(10)113)77(65)98-50(2)105)47-123-38-29-69(119)101-87(16,17)32-35-90(22,23)136-66-42-63(45-127-55(7)110)81(129-57(9)112)84(131-59(11)114)79(66)104(91)52(4)107/h49,62-66,77-81,83-85H,25-48H2,1-24H3,(H,98,105)(H,99,106)(H,100,118)(H,101,119)(H,102,120)(H,103,117). The molecule has 40 nitrogen and oxygen atoms in total. The van der Waals surface area contributed by atoms with E-state index < -0.39 is 338 Å². The lowest BCUT2D eigenvalue weighted by atomic mass is 9.77. The molecule has 6 N–H and O–H groups in total. The van der Waals surface area contributed by atoms with Crippen LogP contribution in [-0.2, 0) is 153 Å². The number of carbonyl (C=O) groups excluding carboxylic acids is 17. The molecule has 45 heteroatoms. The molecule has 2 aliphatic carbocycles. The minimum Gasteiger partial charge on any atom is -0.466 e. The molecule has 0 bridgehead atoms. The maximum absolute atomic E-state index is 15.6. The topological polar surface area (TPSA) is 513 Å². The first-order chi connectivity index (χ1) is 63.3. The van der Waals surface area contributed by atoms with Crippen LogP contribution in [0.5, 0.6) is 5.75 Å². The number of fused-ring (bicyclic) bond motifs is 1. The van der Waals surface area contributed by atoms with Crippen molar-refractivity contribution in [2.75, 3.05) is 59.5 Å². The Hall–Kier alpha value is -10.4. The normalized spacial score (nSPS) is 24.3. The average Bonchev–Trinajstić information content (AvgIpc) is 0.741. The highest BCUT2D eigenvalue weighted by molar-refractivity contribution is 5.80. The number of benzene rings is 1. The molecule has 3 aliphatic rings. The van der Waals surface area contributed by atoms with Crippen LogP contribution in [0.2, 0.25) is 0 Å². The molecule has 1 aliphatic heterocycles. The van der Waals surface area contributed by atoms with E-state index in [0.29, 0.717) is 0 Å². The predicted octanol–water partition coefficient (Wildman–Crippen LogP) is 7.16. The Balaban J connectivity index is 1.92. The van der Waals surface area contributed by atoms with Crippen molar-refractivity contribution in [2.45, 2.75) is 369 Å². The number of hydrogen-bond donors (Lipinski definition) is 6. The third kappa shape index (κ3) is 40.9. The molecule has 0 radical (unpaired) electrons. The van der Waals surface area contributed by atoms with Crippen LogP contribution in [0.3, 0.4) is 0 Å². The molecule has 1 heterocycles. The van der Waals surface area contributed by atoms with Gasteiger partial charge in [0.05, 0.1) is 95.0 Å². The molecule has 3 fully saturated rings. The summed E-state index contributed by atoms with van der Waals surface area (Å²) in [5, 5.41) is 17.1. The lowest BCUT2D eigenvalue weighted by Gasteiger charge is -2.55. The monoisotopic (exact) mass is 1970 g/mol. The fourth-order valence-electron chi connectivity index (χ4n) is 16.4. The quantitative estimate of drug-likeness (QED) is 0.00562. The molecule has 137 heavy (non-hydrogen) atoms. The van der Waals surface area contributed by atoms with Crippen molar-refractivity contribution in [3.05, 3.63) is 29.1 Å². The fourth-order valence-corrected chi connectivity index (χ4v) is 16.4. The Morgan fingerprint density at radius 1 is 0.547 bits per heavy atom. The number of ether oxygens (including phenoxy) is 16. The summed E-state index contributed by atoms with van der Waals surface area (Å²) in [6, 6.07) is -4.46. The van der Waals surface area contributed by atoms with Gasteiger partial charge >= 0.3 is 59.7 Å². The van der Waals surface area contributed by atoms with Crippen molar-refractivity contribution in [3.63, 3.8) is 0 Å². The highest BCUT2D eigenvalue weighted by atomic mass is 19.2. The van der Waals surface area contributed by atoms with E-state index in [-0.39, 0.29) is 77.4 Å². The van der Waals surface area contributed by atoms with Gasteiger partial charge in [-0.2, -0.15) is 8.78 Å². The second kappa shape index (κ2) is 53.1. The van der Waals surface area contributed by atoms with Crippen LogP contribution in [0, 0.1) is 46.8 Å². The molecule has 776 valence electrons. The molecule has 0 aromatic heterocycles. The predicted molar refractivity (Wildman–Crippen MR) is 469 cm³/mol. The van der Waals surface area contributed by atoms with Crippen LogP contribution < -0.4 is 36.6 Å². The molecule has 7 amide bonds. The highest BCUT2D eigenvalue weighted by Crippen LogP contribution is 2.45. The largest absolute Gasteiger partial charge is 0.466 e.